The molecular formula is C4H2ClF2O3-. The Hall–Kier alpha value is -0.710. The fraction of sp³-hybridized carbons (Fsp3) is 0.500. The highest BCUT2D eigenvalue weighted by Crippen LogP contribution is 2.20. The molecule has 58 valence electrons. The molecule has 0 aromatic heterocycles. The molecule has 10 heavy (non-hydrogen) atoms. The zero-order valence-electron chi connectivity index (χ0n) is 4.57. The highest BCUT2D eigenvalue weighted by molar-refractivity contribution is 6.33. The number of carbonyl (C=O) groups excluding carboxylic acids is 2. The van der Waals surface area contributed by atoms with E-state index in [9.17, 15) is 23.5 Å². The largest absolute Gasteiger partial charge is 0.550 e. The van der Waals surface area contributed by atoms with Crippen molar-refractivity contribution < 1.29 is 23.5 Å². The highest BCUT2D eigenvalue weighted by Gasteiger charge is 2.34. The third-order valence-electron chi connectivity index (χ3n) is 0.621. The fourth-order valence-electron chi connectivity index (χ4n) is 0.231. The van der Waals surface area contributed by atoms with Crippen molar-refractivity contribution in [2.24, 2.45) is 0 Å². The van der Waals surface area contributed by atoms with Crippen LogP contribution in [0.4, 0.5) is 8.78 Å². The molecule has 0 rings (SSSR count). The van der Waals surface area contributed by atoms with Crippen LogP contribution in [0.1, 0.15) is 6.42 Å². The number of aliphatic carboxylic acids is 1. The number of carboxylic acid groups (broad SMARTS) is 1. The quantitative estimate of drug-likeness (QED) is 0.426. The molecule has 0 aliphatic rings. The van der Waals surface area contributed by atoms with Crippen LogP contribution in [-0.2, 0) is 9.59 Å². The molecule has 3 nitrogen and oxygen atoms in total. The summed E-state index contributed by atoms with van der Waals surface area (Å²) >= 11 is 4.15. The van der Waals surface area contributed by atoms with Crippen molar-refractivity contribution >= 4 is 23.4 Å². The van der Waals surface area contributed by atoms with Crippen LogP contribution < -0.4 is 5.11 Å². The Kier molecular flexibility index (Phi) is 2.71. The van der Waals surface area contributed by atoms with Crippen molar-refractivity contribution in [3.63, 3.8) is 0 Å². The molecule has 0 aliphatic carbocycles. The van der Waals surface area contributed by atoms with Gasteiger partial charge < -0.3 is 9.90 Å². The van der Waals surface area contributed by atoms with Crippen LogP contribution in [-0.4, -0.2) is 17.1 Å². The van der Waals surface area contributed by atoms with Crippen molar-refractivity contribution in [2.45, 2.75) is 11.8 Å². The number of hydrogen-bond donors (Lipinski definition) is 0. The summed E-state index contributed by atoms with van der Waals surface area (Å²) in [4.78, 5) is 19.5. The van der Waals surface area contributed by atoms with Crippen LogP contribution in [0.3, 0.4) is 0 Å². The summed E-state index contributed by atoms with van der Waals surface area (Å²) in [5, 5.41) is 5.44. The van der Waals surface area contributed by atoms with Gasteiger partial charge in [0.2, 0.25) is 5.78 Å². The van der Waals surface area contributed by atoms with Crippen LogP contribution in [0.5, 0.6) is 0 Å². The maximum Gasteiger partial charge on any atom is 0.380 e. The first kappa shape index (κ1) is 9.29. The van der Waals surface area contributed by atoms with Gasteiger partial charge >= 0.3 is 5.38 Å². The summed E-state index contributed by atoms with van der Waals surface area (Å²) in [7, 11) is 0. The lowest BCUT2D eigenvalue weighted by atomic mass is 10.3. The molecule has 0 amide bonds. The Morgan fingerprint density at radius 2 is 1.90 bits per heavy atom. The Morgan fingerprint density at radius 3 is 2.00 bits per heavy atom. The zero-order valence-corrected chi connectivity index (χ0v) is 5.32. The fourth-order valence-corrected chi connectivity index (χ4v) is 0.298. The van der Waals surface area contributed by atoms with E-state index in [2.05, 4.69) is 11.6 Å². The Bertz CT molecular complexity index is 162. The predicted octanol–water partition coefficient (Wildman–Crippen LogP) is -0.473. The van der Waals surface area contributed by atoms with E-state index >= 15 is 0 Å². The lowest BCUT2D eigenvalue weighted by Crippen LogP contribution is -2.31. The molecule has 0 radical (unpaired) electrons. The van der Waals surface area contributed by atoms with Gasteiger partial charge in [-0.05, 0) is 11.6 Å². The third-order valence-corrected chi connectivity index (χ3v) is 0.832. The van der Waals surface area contributed by atoms with E-state index in [4.69, 9.17) is 0 Å². The molecular weight excluding hydrogens is 169 g/mol. The summed E-state index contributed by atoms with van der Waals surface area (Å²) in [6.45, 7) is 0. The average molecular weight is 172 g/mol. The molecule has 0 saturated heterocycles. The number of rotatable bonds is 3. The summed E-state index contributed by atoms with van der Waals surface area (Å²) in [5.74, 6) is -3.74. The van der Waals surface area contributed by atoms with Crippen LogP contribution >= 0.6 is 11.6 Å². The zero-order chi connectivity index (χ0) is 8.36. The van der Waals surface area contributed by atoms with E-state index in [1.54, 1.807) is 0 Å². The van der Waals surface area contributed by atoms with Gasteiger partial charge in [0, 0.05) is 5.97 Å². The number of alkyl halides is 3. The molecule has 0 aromatic carbocycles. The molecule has 0 fully saturated rings. The number of ketones is 1. The lowest BCUT2D eigenvalue weighted by Gasteiger charge is -2.05. The molecule has 0 aromatic rings. The van der Waals surface area contributed by atoms with Gasteiger partial charge in [0.1, 0.15) is 0 Å². The van der Waals surface area contributed by atoms with Crippen LogP contribution in [0.15, 0.2) is 0 Å². The van der Waals surface area contributed by atoms with Crippen molar-refractivity contribution in [3.05, 3.63) is 0 Å². The van der Waals surface area contributed by atoms with Crippen molar-refractivity contribution in [1.29, 1.82) is 0 Å². The van der Waals surface area contributed by atoms with Gasteiger partial charge in [-0.1, -0.05) is 0 Å². The molecule has 0 unspecified atom stereocenters. The van der Waals surface area contributed by atoms with Gasteiger partial charge in [0.05, 0.1) is 6.42 Å². The smallest absolute Gasteiger partial charge is 0.380 e. The second-order valence-corrected chi connectivity index (χ2v) is 1.94. The number of carbonyl (C=O) groups is 2. The monoisotopic (exact) mass is 171 g/mol. The number of Topliss-reactive ketones (excluding diaryl/α,β-unsaturated/α-hetero) is 1. The standard InChI is InChI=1S/C4H3ClF2O3/c5-4(6,7)2(8)1-3(9)10/h1H2,(H,9,10)/p-1. The van der Waals surface area contributed by atoms with Crippen LogP contribution in [0.2, 0.25) is 0 Å². The SMILES string of the molecule is O=C([O-])CC(=O)C(F)(F)Cl. The molecule has 0 atom stereocenters. The first-order chi connectivity index (χ1) is 4.34. The van der Waals surface area contributed by atoms with Crippen LogP contribution in [0, 0.1) is 0 Å². The van der Waals surface area contributed by atoms with E-state index in [0.29, 0.717) is 0 Å². The average Bonchev–Trinajstić information content (AvgIpc) is 1.60. The van der Waals surface area contributed by atoms with Gasteiger partial charge in [-0.15, -0.1) is 0 Å². The Labute approximate surface area is 59.6 Å². The van der Waals surface area contributed by atoms with Crippen molar-refractivity contribution in [1.82, 2.24) is 0 Å². The third kappa shape index (κ3) is 3.34. The van der Waals surface area contributed by atoms with Gasteiger partial charge in [0.25, 0.3) is 0 Å². The minimum Gasteiger partial charge on any atom is -0.550 e. The summed E-state index contributed by atoms with van der Waals surface area (Å²) < 4.78 is 23.2. The molecule has 0 N–H and O–H groups in total. The minimum absolute atomic E-state index is 1.36. The minimum atomic E-state index is -4.10. The number of hydrogen-bond acceptors (Lipinski definition) is 3. The van der Waals surface area contributed by atoms with Gasteiger partial charge in [0.15, 0.2) is 0 Å². The molecule has 0 bridgehead atoms. The van der Waals surface area contributed by atoms with Gasteiger partial charge in [-0.3, -0.25) is 4.79 Å². The maximum atomic E-state index is 11.6. The molecule has 0 spiro atoms. The topological polar surface area (TPSA) is 57.2 Å². The maximum absolute atomic E-state index is 11.6. The predicted molar refractivity (Wildman–Crippen MR) is 25.4 cm³/mol. The highest BCUT2D eigenvalue weighted by atomic mass is 35.5. The van der Waals surface area contributed by atoms with E-state index in [1.165, 1.54) is 0 Å². The van der Waals surface area contributed by atoms with Crippen LogP contribution in [0.25, 0.3) is 0 Å². The van der Waals surface area contributed by atoms with Crippen molar-refractivity contribution in [3.8, 4) is 0 Å². The molecule has 0 saturated carbocycles. The van der Waals surface area contributed by atoms with E-state index < -0.39 is 23.6 Å². The summed E-state index contributed by atoms with van der Waals surface area (Å²) in [6.07, 6.45) is -1.36. The number of halogens is 3. The summed E-state index contributed by atoms with van der Waals surface area (Å²) in [6, 6.07) is 0. The molecule has 0 aliphatic heterocycles. The first-order valence-corrected chi connectivity index (χ1v) is 2.51. The summed E-state index contributed by atoms with van der Waals surface area (Å²) in [5.41, 5.74) is 0. The van der Waals surface area contributed by atoms with Gasteiger partial charge in [-0.2, -0.15) is 8.78 Å². The van der Waals surface area contributed by atoms with E-state index in [-0.39, 0.29) is 0 Å². The molecule has 6 heteroatoms. The van der Waals surface area contributed by atoms with E-state index in [1.807, 2.05) is 0 Å². The van der Waals surface area contributed by atoms with Crippen molar-refractivity contribution in [2.75, 3.05) is 0 Å². The van der Waals surface area contributed by atoms with Gasteiger partial charge in [-0.25, -0.2) is 0 Å². The normalized spacial score (nSPS) is 11.1. The number of carboxylic acids is 1. The molecule has 0 heterocycles. The van der Waals surface area contributed by atoms with E-state index in [0.717, 1.165) is 0 Å². The second kappa shape index (κ2) is 2.92. The lowest BCUT2D eigenvalue weighted by molar-refractivity contribution is -0.304. The Balaban J connectivity index is 3.99. The Morgan fingerprint density at radius 1 is 1.50 bits per heavy atom. The second-order valence-electron chi connectivity index (χ2n) is 1.47. The first-order valence-electron chi connectivity index (χ1n) is 2.14.